The monoisotopic (exact) mass is 397 g/mol. The Morgan fingerprint density at radius 1 is 1.17 bits per heavy atom. The number of ether oxygens (including phenoxy) is 1. The molecule has 0 spiro atoms. The van der Waals surface area contributed by atoms with Crippen LogP contribution >= 0.6 is 0 Å². The molecule has 2 fully saturated rings. The average Bonchev–Trinajstić information content (AvgIpc) is 3.30. The van der Waals surface area contributed by atoms with Gasteiger partial charge < -0.3 is 15.0 Å². The first-order valence-corrected chi connectivity index (χ1v) is 11.0. The van der Waals surface area contributed by atoms with Gasteiger partial charge in [-0.1, -0.05) is 13.8 Å². The number of carbonyl (C=O) groups is 1. The number of aromatic nitrogens is 3. The van der Waals surface area contributed by atoms with Gasteiger partial charge in [-0.25, -0.2) is 15.0 Å². The van der Waals surface area contributed by atoms with Crippen molar-refractivity contribution in [3.05, 3.63) is 23.7 Å². The van der Waals surface area contributed by atoms with Gasteiger partial charge in [0, 0.05) is 32.2 Å². The summed E-state index contributed by atoms with van der Waals surface area (Å²) in [5.41, 5.74) is 4.73. The van der Waals surface area contributed by atoms with Gasteiger partial charge in [-0.15, -0.1) is 0 Å². The third kappa shape index (κ3) is 4.50. The van der Waals surface area contributed by atoms with Gasteiger partial charge in [-0.05, 0) is 44.6 Å². The molecule has 7 heteroatoms. The maximum atomic E-state index is 12.5. The lowest BCUT2D eigenvalue weighted by Crippen LogP contribution is -2.42. The van der Waals surface area contributed by atoms with Crippen molar-refractivity contribution in [3.63, 3.8) is 0 Å². The van der Waals surface area contributed by atoms with Crippen molar-refractivity contribution >= 4 is 22.8 Å². The summed E-state index contributed by atoms with van der Waals surface area (Å²) in [5.74, 6) is 0.252. The summed E-state index contributed by atoms with van der Waals surface area (Å²) >= 11 is 0. The zero-order chi connectivity index (χ0) is 20.2. The zero-order valence-electron chi connectivity index (χ0n) is 17.5. The third-order valence-corrected chi connectivity index (χ3v) is 6.09. The Morgan fingerprint density at radius 2 is 1.93 bits per heavy atom. The van der Waals surface area contributed by atoms with Crippen LogP contribution < -0.4 is 10.2 Å². The quantitative estimate of drug-likeness (QED) is 0.807. The zero-order valence-corrected chi connectivity index (χ0v) is 17.5. The van der Waals surface area contributed by atoms with E-state index in [-0.39, 0.29) is 17.9 Å². The predicted octanol–water partition coefficient (Wildman–Crippen LogP) is 2.66. The maximum absolute atomic E-state index is 12.5. The first-order valence-electron chi connectivity index (χ1n) is 11.0. The number of fused-ring (bicyclic) bond motifs is 1. The molecular weight excluding hydrogens is 366 g/mol. The molecule has 1 amide bonds. The van der Waals surface area contributed by atoms with E-state index in [1.54, 1.807) is 0 Å². The minimum absolute atomic E-state index is 0.0830. The Bertz CT molecular complexity index is 858. The van der Waals surface area contributed by atoms with E-state index in [4.69, 9.17) is 9.72 Å². The number of nitrogens with one attached hydrogen (secondary N) is 1. The number of carbonyl (C=O) groups excluding carboxylic acids is 1. The van der Waals surface area contributed by atoms with Crippen LogP contribution in [0.25, 0.3) is 11.2 Å². The number of hydrogen-bond donors (Lipinski definition) is 1. The molecule has 1 N–H and O–H groups in total. The van der Waals surface area contributed by atoms with Crippen molar-refractivity contribution in [2.24, 2.45) is 5.92 Å². The average molecular weight is 398 g/mol. The van der Waals surface area contributed by atoms with Crippen LogP contribution in [0.1, 0.15) is 50.9 Å². The summed E-state index contributed by atoms with van der Waals surface area (Å²) < 4.78 is 5.59. The molecule has 4 heterocycles. The normalized spacial score (nSPS) is 20.3. The van der Waals surface area contributed by atoms with E-state index in [9.17, 15) is 4.79 Å². The van der Waals surface area contributed by atoms with Gasteiger partial charge >= 0.3 is 0 Å². The highest BCUT2D eigenvalue weighted by Crippen LogP contribution is 2.25. The smallest absolute Gasteiger partial charge is 0.223 e. The lowest BCUT2D eigenvalue weighted by atomic mass is 9.95. The largest absolute Gasteiger partial charge is 0.376 e. The highest BCUT2D eigenvalue weighted by Gasteiger charge is 2.26. The Balaban J connectivity index is 1.37. The van der Waals surface area contributed by atoms with Crippen LogP contribution in [-0.4, -0.2) is 53.2 Å². The van der Waals surface area contributed by atoms with Crippen molar-refractivity contribution in [1.82, 2.24) is 20.3 Å². The van der Waals surface area contributed by atoms with Crippen molar-refractivity contribution in [2.75, 3.05) is 31.1 Å². The second-order valence-electron chi connectivity index (χ2n) is 8.00. The molecule has 0 saturated carbocycles. The first kappa shape index (κ1) is 20.0. The second kappa shape index (κ2) is 9.03. The fourth-order valence-electron chi connectivity index (χ4n) is 4.31. The molecule has 0 bridgehead atoms. The molecule has 1 unspecified atom stereocenters. The van der Waals surface area contributed by atoms with Gasteiger partial charge in [0.15, 0.2) is 5.65 Å². The highest BCUT2D eigenvalue weighted by atomic mass is 16.5. The molecule has 4 rings (SSSR count). The molecular formula is C22H31N5O2. The first-order chi connectivity index (χ1) is 14.2. The summed E-state index contributed by atoms with van der Waals surface area (Å²) in [5, 5.41) is 3.08. The Hall–Kier alpha value is -2.28. The van der Waals surface area contributed by atoms with Crippen molar-refractivity contribution in [1.29, 1.82) is 0 Å². The van der Waals surface area contributed by atoms with Gasteiger partial charge in [-0.2, -0.15) is 0 Å². The number of anilines is 1. The molecule has 0 aromatic carbocycles. The highest BCUT2D eigenvalue weighted by molar-refractivity contribution is 5.79. The van der Waals surface area contributed by atoms with E-state index in [1.165, 1.54) is 0 Å². The number of amides is 1. The molecule has 29 heavy (non-hydrogen) atoms. The van der Waals surface area contributed by atoms with Gasteiger partial charge in [0.25, 0.3) is 0 Å². The van der Waals surface area contributed by atoms with E-state index < -0.39 is 0 Å². The van der Waals surface area contributed by atoms with Crippen LogP contribution in [0.3, 0.4) is 0 Å². The third-order valence-electron chi connectivity index (χ3n) is 6.09. The van der Waals surface area contributed by atoms with Crippen LogP contribution in [0, 0.1) is 5.92 Å². The number of nitrogens with zero attached hydrogens (tertiary/aromatic N) is 4. The molecule has 0 radical (unpaired) electrons. The number of aryl methyl sites for hydroxylation is 2. The van der Waals surface area contributed by atoms with Crippen molar-refractivity contribution in [2.45, 2.75) is 58.5 Å². The molecule has 2 saturated heterocycles. The van der Waals surface area contributed by atoms with Crippen LogP contribution in [0.15, 0.2) is 12.3 Å². The summed E-state index contributed by atoms with van der Waals surface area (Å²) in [6.07, 6.45) is 7.70. The van der Waals surface area contributed by atoms with Gasteiger partial charge in [0.1, 0.15) is 5.52 Å². The molecule has 2 aliphatic heterocycles. The molecule has 2 aliphatic rings. The molecule has 7 nitrogen and oxygen atoms in total. The number of rotatable bonds is 6. The van der Waals surface area contributed by atoms with E-state index in [0.29, 0.717) is 12.2 Å². The molecule has 0 aliphatic carbocycles. The molecule has 156 valence electrons. The SMILES string of the molecule is CCc1nc2cc(N3CCC(C(=O)NCC4CCCO4)CC3)cnc2nc1CC. The summed E-state index contributed by atoms with van der Waals surface area (Å²) in [4.78, 5) is 28.8. The number of pyridine rings is 1. The van der Waals surface area contributed by atoms with E-state index in [0.717, 1.165) is 80.8 Å². The van der Waals surface area contributed by atoms with E-state index >= 15 is 0 Å². The van der Waals surface area contributed by atoms with Crippen LogP contribution in [0.4, 0.5) is 5.69 Å². The lowest BCUT2D eigenvalue weighted by Gasteiger charge is -2.33. The fourth-order valence-corrected chi connectivity index (χ4v) is 4.31. The van der Waals surface area contributed by atoms with E-state index in [2.05, 4.69) is 40.1 Å². The summed E-state index contributed by atoms with van der Waals surface area (Å²) in [6.45, 7) is 7.39. The predicted molar refractivity (Wildman–Crippen MR) is 113 cm³/mol. The Kier molecular flexibility index (Phi) is 6.23. The van der Waals surface area contributed by atoms with Crippen LogP contribution in [-0.2, 0) is 22.4 Å². The Morgan fingerprint density at radius 3 is 2.62 bits per heavy atom. The van der Waals surface area contributed by atoms with Crippen LogP contribution in [0.5, 0.6) is 0 Å². The molecule has 1 atom stereocenters. The second-order valence-corrected chi connectivity index (χ2v) is 8.00. The van der Waals surface area contributed by atoms with Gasteiger partial charge in [0.2, 0.25) is 5.91 Å². The fraction of sp³-hybridized carbons (Fsp3) is 0.636. The van der Waals surface area contributed by atoms with Crippen LogP contribution in [0.2, 0.25) is 0 Å². The maximum Gasteiger partial charge on any atom is 0.223 e. The topological polar surface area (TPSA) is 80.2 Å². The number of hydrogen-bond acceptors (Lipinski definition) is 6. The van der Waals surface area contributed by atoms with Gasteiger partial charge in [-0.3, -0.25) is 4.79 Å². The lowest BCUT2D eigenvalue weighted by molar-refractivity contribution is -0.126. The Labute approximate surface area is 172 Å². The molecule has 2 aromatic heterocycles. The van der Waals surface area contributed by atoms with E-state index in [1.807, 2.05) is 6.20 Å². The minimum Gasteiger partial charge on any atom is -0.376 e. The molecule has 2 aromatic rings. The van der Waals surface area contributed by atoms with Crippen molar-refractivity contribution in [3.8, 4) is 0 Å². The minimum atomic E-state index is 0.0830. The van der Waals surface area contributed by atoms with Gasteiger partial charge in [0.05, 0.1) is 29.4 Å². The standard InChI is InChI=1S/C22H31N5O2/c1-3-18-19(4-2)26-21-20(25-18)12-16(13-23-21)27-9-7-15(8-10-27)22(28)24-14-17-6-5-11-29-17/h12-13,15,17H,3-11,14H2,1-2H3,(H,24,28). The summed E-state index contributed by atoms with van der Waals surface area (Å²) in [6, 6.07) is 2.09. The van der Waals surface area contributed by atoms with Crippen molar-refractivity contribution < 1.29 is 9.53 Å². The summed E-state index contributed by atoms with van der Waals surface area (Å²) in [7, 11) is 0. The number of piperidine rings is 1.